The van der Waals surface area contributed by atoms with Crippen molar-refractivity contribution in [3.8, 4) is 0 Å². The number of aliphatic carboxylic acids is 1. The van der Waals surface area contributed by atoms with E-state index in [4.69, 9.17) is 5.11 Å². The normalized spacial score (nSPS) is 19.4. The number of amides is 1. The summed E-state index contributed by atoms with van der Waals surface area (Å²) in [5.41, 5.74) is 1.46. The molecule has 1 saturated heterocycles. The minimum atomic E-state index is -0.933. The minimum absolute atomic E-state index is 0.194. The SMILES string of the molecule is Cc1ccccc1C(=O)N1CSC[C@H]1C(=O)O. The fourth-order valence-electron chi connectivity index (χ4n) is 1.81. The molecule has 0 saturated carbocycles. The van der Waals surface area contributed by atoms with Crippen LogP contribution in [0.5, 0.6) is 0 Å². The standard InChI is InChI=1S/C12H13NO3S/c1-8-4-2-3-5-9(8)11(14)13-7-17-6-10(13)12(15)16/h2-5,10H,6-7H2,1H3,(H,15,16)/t10-/m0/s1. The summed E-state index contributed by atoms with van der Waals surface area (Å²) >= 11 is 1.47. The fraction of sp³-hybridized carbons (Fsp3) is 0.333. The predicted molar refractivity (Wildman–Crippen MR) is 66.1 cm³/mol. The smallest absolute Gasteiger partial charge is 0.327 e. The van der Waals surface area contributed by atoms with Crippen LogP contribution in [0, 0.1) is 6.92 Å². The van der Waals surface area contributed by atoms with Gasteiger partial charge in [0, 0.05) is 11.3 Å². The fourth-order valence-corrected chi connectivity index (χ4v) is 2.96. The largest absolute Gasteiger partial charge is 0.480 e. The Labute approximate surface area is 104 Å². The summed E-state index contributed by atoms with van der Waals surface area (Å²) in [5.74, 6) is -0.214. The molecule has 1 fully saturated rings. The highest BCUT2D eigenvalue weighted by Crippen LogP contribution is 2.24. The van der Waals surface area contributed by atoms with Crippen LogP contribution in [0.2, 0.25) is 0 Å². The maximum absolute atomic E-state index is 12.2. The molecule has 1 N–H and O–H groups in total. The number of thioether (sulfide) groups is 1. The second kappa shape index (κ2) is 4.79. The summed E-state index contributed by atoms with van der Waals surface area (Å²) in [5, 5.41) is 9.04. The molecule has 0 aliphatic carbocycles. The molecule has 1 aromatic carbocycles. The molecule has 4 nitrogen and oxygen atoms in total. The molecule has 0 aromatic heterocycles. The monoisotopic (exact) mass is 251 g/mol. The summed E-state index contributed by atoms with van der Waals surface area (Å²) in [7, 11) is 0. The van der Waals surface area contributed by atoms with Gasteiger partial charge in [-0.25, -0.2) is 4.79 Å². The number of benzene rings is 1. The van der Waals surface area contributed by atoms with Crippen molar-refractivity contribution in [1.29, 1.82) is 0 Å². The third kappa shape index (κ3) is 2.29. The zero-order valence-corrected chi connectivity index (χ0v) is 10.2. The number of rotatable bonds is 2. The molecule has 1 aliphatic heterocycles. The number of aryl methyl sites for hydroxylation is 1. The van der Waals surface area contributed by atoms with E-state index in [1.165, 1.54) is 16.7 Å². The molecule has 1 heterocycles. The molecular weight excluding hydrogens is 238 g/mol. The number of carboxylic acid groups (broad SMARTS) is 1. The van der Waals surface area contributed by atoms with Gasteiger partial charge in [-0.3, -0.25) is 4.79 Å². The number of carboxylic acids is 1. The van der Waals surface area contributed by atoms with Gasteiger partial charge in [0.15, 0.2) is 0 Å². The van der Waals surface area contributed by atoms with Crippen LogP contribution in [0.25, 0.3) is 0 Å². The van der Waals surface area contributed by atoms with E-state index < -0.39 is 12.0 Å². The van der Waals surface area contributed by atoms with E-state index in [0.717, 1.165) is 5.56 Å². The molecule has 0 spiro atoms. The minimum Gasteiger partial charge on any atom is -0.480 e. The lowest BCUT2D eigenvalue weighted by atomic mass is 10.1. The summed E-state index contributed by atoms with van der Waals surface area (Å²) < 4.78 is 0. The molecule has 2 rings (SSSR count). The second-order valence-corrected chi connectivity index (χ2v) is 4.94. The lowest BCUT2D eigenvalue weighted by Crippen LogP contribution is -2.41. The van der Waals surface area contributed by atoms with Crippen molar-refractivity contribution in [3.05, 3.63) is 35.4 Å². The van der Waals surface area contributed by atoms with Crippen LogP contribution in [0.4, 0.5) is 0 Å². The second-order valence-electron chi connectivity index (χ2n) is 3.94. The van der Waals surface area contributed by atoms with Crippen molar-refractivity contribution in [3.63, 3.8) is 0 Å². The predicted octanol–water partition coefficient (Wildman–Crippen LogP) is 1.59. The first kappa shape index (κ1) is 12.0. The van der Waals surface area contributed by atoms with Crippen LogP contribution in [0.15, 0.2) is 24.3 Å². The molecule has 1 amide bonds. The number of carbonyl (C=O) groups is 2. The van der Waals surface area contributed by atoms with E-state index in [0.29, 0.717) is 17.2 Å². The van der Waals surface area contributed by atoms with E-state index in [2.05, 4.69) is 0 Å². The summed E-state index contributed by atoms with van der Waals surface area (Å²) in [6.45, 7) is 1.85. The molecule has 90 valence electrons. The van der Waals surface area contributed by atoms with Crippen molar-refractivity contribution >= 4 is 23.6 Å². The van der Waals surface area contributed by atoms with Gasteiger partial charge in [0.05, 0.1) is 5.88 Å². The van der Waals surface area contributed by atoms with Crippen LogP contribution in [0.1, 0.15) is 15.9 Å². The summed E-state index contributed by atoms with van der Waals surface area (Å²) in [6, 6.07) is 6.54. The van der Waals surface area contributed by atoms with Gasteiger partial charge in [-0.15, -0.1) is 11.8 Å². The molecule has 0 bridgehead atoms. The number of carbonyl (C=O) groups excluding carboxylic acids is 1. The molecule has 17 heavy (non-hydrogen) atoms. The zero-order chi connectivity index (χ0) is 12.4. The number of hydrogen-bond donors (Lipinski definition) is 1. The van der Waals surface area contributed by atoms with Gasteiger partial charge in [0.25, 0.3) is 5.91 Å². The highest BCUT2D eigenvalue weighted by molar-refractivity contribution is 7.99. The first-order valence-electron chi connectivity index (χ1n) is 5.28. The Kier molecular flexibility index (Phi) is 3.38. The van der Waals surface area contributed by atoms with Gasteiger partial charge in [-0.05, 0) is 18.6 Å². The Morgan fingerprint density at radius 1 is 1.41 bits per heavy atom. The van der Waals surface area contributed by atoms with E-state index in [1.807, 2.05) is 19.1 Å². The first-order chi connectivity index (χ1) is 8.11. The lowest BCUT2D eigenvalue weighted by Gasteiger charge is -2.21. The maximum atomic E-state index is 12.2. The van der Waals surface area contributed by atoms with Crippen molar-refractivity contribution in [1.82, 2.24) is 4.90 Å². The summed E-state index contributed by atoms with van der Waals surface area (Å²) in [6.07, 6.45) is 0. The molecule has 1 aromatic rings. The van der Waals surface area contributed by atoms with Crippen molar-refractivity contribution in [2.75, 3.05) is 11.6 Å². The van der Waals surface area contributed by atoms with E-state index in [1.54, 1.807) is 12.1 Å². The number of nitrogens with zero attached hydrogens (tertiary/aromatic N) is 1. The van der Waals surface area contributed by atoms with Gasteiger partial charge < -0.3 is 10.0 Å². The van der Waals surface area contributed by atoms with Gasteiger partial charge in [0.2, 0.25) is 0 Å². The van der Waals surface area contributed by atoms with Crippen LogP contribution in [-0.4, -0.2) is 39.6 Å². The summed E-state index contributed by atoms with van der Waals surface area (Å²) in [4.78, 5) is 24.7. The van der Waals surface area contributed by atoms with Crippen molar-refractivity contribution < 1.29 is 14.7 Å². The van der Waals surface area contributed by atoms with Crippen LogP contribution in [-0.2, 0) is 4.79 Å². The Bertz CT molecular complexity index is 461. The average molecular weight is 251 g/mol. The zero-order valence-electron chi connectivity index (χ0n) is 9.42. The Morgan fingerprint density at radius 3 is 2.76 bits per heavy atom. The highest BCUT2D eigenvalue weighted by Gasteiger charge is 2.35. The van der Waals surface area contributed by atoms with E-state index >= 15 is 0 Å². The molecule has 0 radical (unpaired) electrons. The Morgan fingerprint density at radius 2 is 2.12 bits per heavy atom. The van der Waals surface area contributed by atoms with Crippen LogP contribution in [0.3, 0.4) is 0 Å². The van der Waals surface area contributed by atoms with Gasteiger partial charge in [-0.2, -0.15) is 0 Å². The van der Waals surface area contributed by atoms with Crippen molar-refractivity contribution in [2.24, 2.45) is 0 Å². The topological polar surface area (TPSA) is 57.6 Å². The van der Waals surface area contributed by atoms with Crippen molar-refractivity contribution in [2.45, 2.75) is 13.0 Å². The highest BCUT2D eigenvalue weighted by atomic mass is 32.2. The van der Waals surface area contributed by atoms with Gasteiger partial charge >= 0.3 is 5.97 Å². The molecule has 5 heteroatoms. The lowest BCUT2D eigenvalue weighted by molar-refractivity contribution is -0.140. The maximum Gasteiger partial charge on any atom is 0.327 e. The Balaban J connectivity index is 2.26. The Hall–Kier alpha value is -1.49. The molecular formula is C12H13NO3S. The van der Waals surface area contributed by atoms with E-state index in [-0.39, 0.29) is 5.91 Å². The third-order valence-electron chi connectivity index (χ3n) is 2.80. The van der Waals surface area contributed by atoms with Crippen LogP contribution < -0.4 is 0 Å². The molecule has 1 aliphatic rings. The number of hydrogen-bond acceptors (Lipinski definition) is 3. The molecule has 1 atom stereocenters. The van der Waals surface area contributed by atoms with Crippen LogP contribution >= 0.6 is 11.8 Å². The third-order valence-corrected chi connectivity index (χ3v) is 3.82. The first-order valence-corrected chi connectivity index (χ1v) is 6.44. The molecule has 0 unspecified atom stereocenters. The van der Waals surface area contributed by atoms with Gasteiger partial charge in [-0.1, -0.05) is 18.2 Å². The quantitative estimate of drug-likeness (QED) is 0.867. The average Bonchev–Trinajstić information content (AvgIpc) is 2.77. The van der Waals surface area contributed by atoms with E-state index in [9.17, 15) is 9.59 Å². The van der Waals surface area contributed by atoms with Gasteiger partial charge in [0.1, 0.15) is 6.04 Å².